The maximum atomic E-state index is 12.3. The summed E-state index contributed by atoms with van der Waals surface area (Å²) in [5.41, 5.74) is 6.38. The molecule has 5 nitrogen and oxygen atoms in total. The van der Waals surface area contributed by atoms with Gasteiger partial charge >= 0.3 is 6.09 Å². The van der Waals surface area contributed by atoms with E-state index in [2.05, 4.69) is 58.2 Å². The topological polar surface area (TPSA) is 64.6 Å². The van der Waals surface area contributed by atoms with Crippen LogP contribution in [0.2, 0.25) is 0 Å². The predicted octanol–water partition coefficient (Wildman–Crippen LogP) is 9.21. The number of ether oxygens (including phenoxy) is 2. The van der Waals surface area contributed by atoms with Crippen molar-refractivity contribution in [3.8, 4) is 11.5 Å². The largest absolute Gasteiger partial charge is 0.487 e. The third-order valence-corrected chi connectivity index (χ3v) is 7.35. The van der Waals surface area contributed by atoms with Crippen LogP contribution in [-0.4, -0.2) is 17.6 Å². The molecule has 40 heavy (non-hydrogen) atoms. The van der Waals surface area contributed by atoms with E-state index in [1.165, 1.54) is 16.7 Å². The predicted molar refractivity (Wildman–Crippen MR) is 163 cm³/mol. The fourth-order valence-electron chi connectivity index (χ4n) is 4.92. The van der Waals surface area contributed by atoms with Gasteiger partial charge in [0.05, 0.1) is 0 Å². The van der Waals surface area contributed by atoms with Crippen molar-refractivity contribution in [2.24, 2.45) is 0 Å². The molecule has 2 amide bonds. The third-order valence-electron chi connectivity index (χ3n) is 7.35. The van der Waals surface area contributed by atoms with Crippen LogP contribution in [0.4, 0.5) is 4.79 Å². The first kappa shape index (κ1) is 30.9. The van der Waals surface area contributed by atoms with E-state index in [0.717, 1.165) is 68.2 Å². The van der Waals surface area contributed by atoms with Crippen LogP contribution < -0.4 is 14.8 Å². The summed E-state index contributed by atoms with van der Waals surface area (Å²) in [5.74, 6) is 0.781. The van der Waals surface area contributed by atoms with Gasteiger partial charge in [-0.2, -0.15) is 0 Å². The van der Waals surface area contributed by atoms with Gasteiger partial charge in [0.15, 0.2) is 0 Å². The molecule has 0 radical (unpaired) electrons. The molecule has 1 aliphatic rings. The number of benzene rings is 2. The molecule has 2 aromatic rings. The number of hydrogen-bond donors (Lipinski definition) is 1. The Labute approximate surface area is 240 Å². The Morgan fingerprint density at radius 2 is 1.60 bits per heavy atom. The Morgan fingerprint density at radius 1 is 0.950 bits per heavy atom. The average Bonchev–Trinajstić information content (AvgIpc) is 2.89. The van der Waals surface area contributed by atoms with Crippen LogP contribution in [0.25, 0.3) is 0 Å². The van der Waals surface area contributed by atoms with E-state index >= 15 is 0 Å². The maximum Gasteiger partial charge on any atom is 0.419 e. The summed E-state index contributed by atoms with van der Waals surface area (Å²) < 4.78 is 12.0. The molecule has 0 saturated heterocycles. The molecule has 0 aromatic heterocycles. The summed E-state index contributed by atoms with van der Waals surface area (Å²) in [6.07, 6.45) is 14.3. The lowest BCUT2D eigenvalue weighted by atomic mass is 9.87. The van der Waals surface area contributed by atoms with Gasteiger partial charge in [0, 0.05) is 5.56 Å². The van der Waals surface area contributed by atoms with Gasteiger partial charge in [-0.05, 0) is 128 Å². The number of nitrogens with one attached hydrogen (secondary N) is 1. The zero-order valence-electron chi connectivity index (χ0n) is 25.1. The van der Waals surface area contributed by atoms with Crippen molar-refractivity contribution in [1.29, 1.82) is 0 Å². The minimum atomic E-state index is -0.800. The number of rotatable bonds is 11. The van der Waals surface area contributed by atoms with Gasteiger partial charge < -0.3 is 9.47 Å². The van der Waals surface area contributed by atoms with Gasteiger partial charge in [-0.25, -0.2) is 4.79 Å². The molecule has 0 bridgehead atoms. The van der Waals surface area contributed by atoms with Gasteiger partial charge in [-0.15, -0.1) is 0 Å². The second-order valence-electron chi connectivity index (χ2n) is 11.5. The average molecular weight is 544 g/mol. The number of fused-ring (bicyclic) bond motifs is 1. The molecular formula is C35H45NO4. The molecule has 2 aromatic carbocycles. The van der Waals surface area contributed by atoms with Crippen LogP contribution in [0.3, 0.4) is 0 Å². The first-order valence-corrected chi connectivity index (χ1v) is 14.4. The summed E-state index contributed by atoms with van der Waals surface area (Å²) in [6.45, 7) is 12.9. The molecule has 5 heteroatoms. The van der Waals surface area contributed by atoms with Crippen LogP contribution in [0.15, 0.2) is 77.4 Å². The van der Waals surface area contributed by atoms with Gasteiger partial charge in [0.2, 0.25) is 0 Å². The normalized spacial score (nSPS) is 16.9. The van der Waals surface area contributed by atoms with Crippen molar-refractivity contribution in [3.63, 3.8) is 0 Å². The SMILES string of the molecule is CC(C)=CCC/C(C)=C/CC/C(C)=C/CC[C@]1(C)CCc2cc(OC(=O)NC(=O)c3ccccc3)cc(C)c2O1. The third kappa shape index (κ3) is 9.86. The second-order valence-corrected chi connectivity index (χ2v) is 11.5. The lowest BCUT2D eigenvalue weighted by molar-refractivity contribution is 0.0561. The molecule has 214 valence electrons. The van der Waals surface area contributed by atoms with Gasteiger partial charge in [-0.1, -0.05) is 53.1 Å². The molecule has 0 aliphatic carbocycles. The van der Waals surface area contributed by atoms with E-state index in [1.807, 2.05) is 19.1 Å². The zero-order valence-corrected chi connectivity index (χ0v) is 25.1. The lowest BCUT2D eigenvalue weighted by Gasteiger charge is -2.37. The highest BCUT2D eigenvalue weighted by molar-refractivity contribution is 6.03. The number of amides is 2. The molecule has 1 N–H and O–H groups in total. The Bertz CT molecular complexity index is 1270. The fourth-order valence-corrected chi connectivity index (χ4v) is 4.92. The van der Waals surface area contributed by atoms with E-state index in [4.69, 9.17) is 9.47 Å². The fraction of sp³-hybridized carbons (Fsp3) is 0.429. The Hall–Kier alpha value is -3.60. The van der Waals surface area contributed by atoms with Crippen molar-refractivity contribution >= 4 is 12.0 Å². The second kappa shape index (κ2) is 14.7. The van der Waals surface area contributed by atoms with E-state index in [1.54, 1.807) is 30.3 Å². The molecule has 0 unspecified atom stereocenters. The zero-order chi connectivity index (χ0) is 29.1. The van der Waals surface area contributed by atoms with Crippen LogP contribution in [0.1, 0.15) is 101 Å². The van der Waals surface area contributed by atoms with Crippen LogP contribution >= 0.6 is 0 Å². The minimum Gasteiger partial charge on any atom is -0.487 e. The van der Waals surface area contributed by atoms with Crippen molar-refractivity contribution < 1.29 is 19.1 Å². The number of aryl methyl sites for hydroxylation is 2. The summed E-state index contributed by atoms with van der Waals surface area (Å²) in [5, 5.41) is 2.28. The molecule has 1 aliphatic heterocycles. The smallest absolute Gasteiger partial charge is 0.419 e. The standard InChI is InChI=1S/C35H45NO4/c1-25(2)13-10-14-26(3)15-11-16-27(4)17-12-21-35(6)22-20-30-24-31(23-28(5)32(30)40-35)39-34(38)36-33(37)29-18-8-7-9-19-29/h7-9,13,15,17-19,23-24H,10-12,14,16,20-22H2,1-6H3,(H,36,37,38)/b26-15+,27-17+/t35-/m1/s1. The number of carbonyl (C=O) groups is 2. The van der Waals surface area contributed by atoms with Crippen LogP contribution in [0, 0.1) is 6.92 Å². The molecular weight excluding hydrogens is 498 g/mol. The van der Waals surface area contributed by atoms with Crippen molar-refractivity contribution in [2.75, 3.05) is 0 Å². The molecule has 1 heterocycles. The summed E-state index contributed by atoms with van der Waals surface area (Å²) >= 11 is 0. The summed E-state index contributed by atoms with van der Waals surface area (Å²) in [4.78, 5) is 24.6. The summed E-state index contributed by atoms with van der Waals surface area (Å²) in [7, 11) is 0. The molecule has 1 atom stereocenters. The Balaban J connectivity index is 1.49. The highest BCUT2D eigenvalue weighted by atomic mass is 16.6. The van der Waals surface area contributed by atoms with Crippen LogP contribution in [0.5, 0.6) is 11.5 Å². The lowest BCUT2D eigenvalue weighted by Crippen LogP contribution is -2.36. The number of allylic oxidation sites excluding steroid dienone is 6. The number of imide groups is 1. The maximum absolute atomic E-state index is 12.3. The van der Waals surface area contributed by atoms with Crippen molar-refractivity contribution in [3.05, 3.63) is 94.1 Å². The molecule has 0 spiro atoms. The van der Waals surface area contributed by atoms with E-state index in [0.29, 0.717) is 11.3 Å². The first-order valence-electron chi connectivity index (χ1n) is 14.4. The molecule has 3 rings (SSSR count). The van der Waals surface area contributed by atoms with E-state index in [-0.39, 0.29) is 5.60 Å². The quantitative estimate of drug-likeness (QED) is 0.287. The van der Waals surface area contributed by atoms with Gasteiger partial charge in [0.25, 0.3) is 5.91 Å². The van der Waals surface area contributed by atoms with Gasteiger partial charge in [-0.3, -0.25) is 10.1 Å². The van der Waals surface area contributed by atoms with Crippen molar-refractivity contribution in [2.45, 2.75) is 98.5 Å². The molecule has 0 fully saturated rings. The first-order chi connectivity index (χ1) is 19.0. The van der Waals surface area contributed by atoms with E-state index in [9.17, 15) is 9.59 Å². The van der Waals surface area contributed by atoms with Crippen molar-refractivity contribution in [1.82, 2.24) is 5.32 Å². The highest BCUT2D eigenvalue weighted by Gasteiger charge is 2.32. The van der Waals surface area contributed by atoms with Crippen LogP contribution in [-0.2, 0) is 6.42 Å². The van der Waals surface area contributed by atoms with Gasteiger partial charge in [0.1, 0.15) is 17.1 Å². The number of carbonyl (C=O) groups excluding carboxylic acids is 2. The minimum absolute atomic E-state index is 0.238. The Kier molecular flexibility index (Phi) is 11.4. The monoisotopic (exact) mass is 543 g/mol. The Morgan fingerprint density at radius 3 is 2.27 bits per heavy atom. The molecule has 0 saturated carbocycles. The van der Waals surface area contributed by atoms with E-state index < -0.39 is 12.0 Å². The number of hydrogen-bond acceptors (Lipinski definition) is 4. The highest BCUT2D eigenvalue weighted by Crippen LogP contribution is 2.40. The summed E-state index contributed by atoms with van der Waals surface area (Å²) in [6, 6.07) is 12.2.